The van der Waals surface area contributed by atoms with Crippen molar-refractivity contribution in [3.8, 4) is 11.5 Å². The first kappa shape index (κ1) is 18.2. The zero-order chi connectivity index (χ0) is 18.4. The monoisotopic (exact) mass is 357 g/mol. The number of benzene rings is 1. The number of carbonyl (C=O) groups is 1. The molecule has 0 bridgehead atoms. The number of anilines is 1. The van der Waals surface area contributed by atoms with Gasteiger partial charge in [0.05, 0.1) is 19.8 Å². The second-order valence-corrected chi connectivity index (χ2v) is 6.01. The largest absolute Gasteiger partial charge is 0.493 e. The summed E-state index contributed by atoms with van der Waals surface area (Å²) in [4.78, 5) is 16.5. The standard InChI is InChI=1S/C19H23N3O4/c1-13-18(21-9-10-25-13)19(23)22-15-3-4-16(24-2)17(11-15)26-12-14-5-7-20-8-6-14/h3-8,11,13,18,21H,9-10,12H2,1-2H3,(H,22,23)/t13-,18+/m1/s1. The van der Waals surface area contributed by atoms with Gasteiger partial charge in [-0.05, 0) is 36.8 Å². The Balaban J connectivity index is 1.69. The number of rotatable bonds is 6. The average molecular weight is 357 g/mol. The van der Waals surface area contributed by atoms with Crippen LogP contribution < -0.4 is 20.1 Å². The Hall–Kier alpha value is -2.64. The number of aromatic nitrogens is 1. The lowest BCUT2D eigenvalue weighted by Crippen LogP contribution is -2.53. The van der Waals surface area contributed by atoms with Crippen molar-refractivity contribution in [2.24, 2.45) is 0 Å². The van der Waals surface area contributed by atoms with Gasteiger partial charge in [0.25, 0.3) is 0 Å². The number of hydrogen-bond donors (Lipinski definition) is 2. The summed E-state index contributed by atoms with van der Waals surface area (Å²) >= 11 is 0. The SMILES string of the molecule is COc1ccc(NC(=O)[C@H]2NCCO[C@@H]2C)cc1OCc1ccncc1. The molecule has 1 aliphatic rings. The molecule has 2 atom stereocenters. The Labute approximate surface area is 152 Å². The Morgan fingerprint density at radius 1 is 1.31 bits per heavy atom. The van der Waals surface area contributed by atoms with E-state index >= 15 is 0 Å². The smallest absolute Gasteiger partial charge is 0.244 e. The number of morpholine rings is 1. The highest BCUT2D eigenvalue weighted by atomic mass is 16.5. The minimum atomic E-state index is -0.382. The quantitative estimate of drug-likeness (QED) is 0.823. The predicted molar refractivity (Wildman–Crippen MR) is 97.4 cm³/mol. The van der Waals surface area contributed by atoms with Crippen molar-refractivity contribution in [2.45, 2.75) is 25.7 Å². The highest BCUT2D eigenvalue weighted by Gasteiger charge is 2.28. The van der Waals surface area contributed by atoms with Crippen molar-refractivity contribution in [1.82, 2.24) is 10.3 Å². The molecule has 0 aliphatic carbocycles. The number of nitrogens with zero attached hydrogens (tertiary/aromatic N) is 1. The highest BCUT2D eigenvalue weighted by Crippen LogP contribution is 2.31. The fourth-order valence-electron chi connectivity index (χ4n) is 2.75. The van der Waals surface area contributed by atoms with Crippen LogP contribution in [0.5, 0.6) is 11.5 Å². The van der Waals surface area contributed by atoms with Crippen molar-refractivity contribution in [3.05, 3.63) is 48.3 Å². The molecule has 7 nitrogen and oxygen atoms in total. The lowest BCUT2D eigenvalue weighted by Gasteiger charge is -2.29. The summed E-state index contributed by atoms with van der Waals surface area (Å²) in [5.74, 6) is 1.02. The summed E-state index contributed by atoms with van der Waals surface area (Å²) in [5.41, 5.74) is 1.63. The molecule has 1 aromatic heterocycles. The molecule has 2 heterocycles. The molecular weight excluding hydrogens is 334 g/mol. The van der Waals surface area contributed by atoms with E-state index in [0.717, 1.165) is 5.56 Å². The molecule has 0 radical (unpaired) electrons. The number of nitrogens with one attached hydrogen (secondary N) is 2. The zero-order valence-electron chi connectivity index (χ0n) is 14.9. The molecule has 1 saturated heterocycles. The Bertz CT molecular complexity index is 739. The van der Waals surface area contributed by atoms with Crippen LogP contribution in [-0.2, 0) is 16.1 Å². The average Bonchev–Trinajstić information content (AvgIpc) is 2.67. The van der Waals surface area contributed by atoms with E-state index in [4.69, 9.17) is 14.2 Å². The van der Waals surface area contributed by atoms with E-state index in [-0.39, 0.29) is 18.1 Å². The minimum absolute atomic E-state index is 0.137. The predicted octanol–water partition coefficient (Wildman–Crippen LogP) is 1.98. The molecule has 26 heavy (non-hydrogen) atoms. The minimum Gasteiger partial charge on any atom is -0.493 e. The van der Waals surface area contributed by atoms with Crippen LogP contribution >= 0.6 is 0 Å². The van der Waals surface area contributed by atoms with E-state index in [1.807, 2.05) is 19.1 Å². The maximum atomic E-state index is 12.5. The molecule has 0 spiro atoms. The first-order chi connectivity index (χ1) is 12.7. The van der Waals surface area contributed by atoms with Crippen LogP contribution in [0.15, 0.2) is 42.7 Å². The van der Waals surface area contributed by atoms with Crippen molar-refractivity contribution in [2.75, 3.05) is 25.6 Å². The molecule has 1 aliphatic heterocycles. The van der Waals surface area contributed by atoms with Gasteiger partial charge < -0.3 is 24.8 Å². The second kappa shape index (κ2) is 8.64. The van der Waals surface area contributed by atoms with Gasteiger partial charge >= 0.3 is 0 Å². The van der Waals surface area contributed by atoms with Crippen molar-refractivity contribution in [3.63, 3.8) is 0 Å². The van der Waals surface area contributed by atoms with Crippen LogP contribution in [0.25, 0.3) is 0 Å². The summed E-state index contributed by atoms with van der Waals surface area (Å²) < 4.78 is 16.7. The van der Waals surface area contributed by atoms with Crippen molar-refractivity contribution >= 4 is 11.6 Å². The van der Waals surface area contributed by atoms with Gasteiger partial charge in [-0.15, -0.1) is 0 Å². The normalized spacial score (nSPS) is 19.6. The molecular formula is C19H23N3O4. The number of methoxy groups -OCH3 is 1. The van der Waals surface area contributed by atoms with E-state index < -0.39 is 0 Å². The van der Waals surface area contributed by atoms with Gasteiger partial charge in [-0.1, -0.05) is 0 Å². The number of hydrogen-bond acceptors (Lipinski definition) is 6. The first-order valence-corrected chi connectivity index (χ1v) is 8.53. The number of ether oxygens (including phenoxy) is 3. The van der Waals surface area contributed by atoms with E-state index in [0.29, 0.717) is 36.9 Å². The Morgan fingerprint density at radius 3 is 2.85 bits per heavy atom. The van der Waals surface area contributed by atoms with E-state index in [2.05, 4.69) is 15.6 Å². The highest BCUT2D eigenvalue weighted by molar-refractivity contribution is 5.95. The van der Waals surface area contributed by atoms with Gasteiger partial charge in [0.15, 0.2) is 11.5 Å². The summed E-state index contributed by atoms with van der Waals surface area (Å²) in [5, 5.41) is 6.08. The molecule has 1 aromatic carbocycles. The molecule has 7 heteroatoms. The maximum absolute atomic E-state index is 12.5. The molecule has 3 rings (SSSR count). The third-order valence-corrected chi connectivity index (χ3v) is 4.17. The third-order valence-electron chi connectivity index (χ3n) is 4.17. The molecule has 138 valence electrons. The lowest BCUT2D eigenvalue weighted by atomic mass is 10.1. The van der Waals surface area contributed by atoms with Crippen LogP contribution in [0.1, 0.15) is 12.5 Å². The Kier molecular flexibility index (Phi) is 6.04. The third kappa shape index (κ3) is 4.50. The fraction of sp³-hybridized carbons (Fsp3) is 0.368. The number of amides is 1. The van der Waals surface area contributed by atoms with Crippen LogP contribution in [0.4, 0.5) is 5.69 Å². The van der Waals surface area contributed by atoms with Gasteiger partial charge in [0, 0.05) is 30.7 Å². The molecule has 1 amide bonds. The molecule has 2 aromatic rings. The number of pyridine rings is 1. The van der Waals surface area contributed by atoms with E-state index in [1.54, 1.807) is 37.7 Å². The molecule has 0 unspecified atom stereocenters. The van der Waals surface area contributed by atoms with Gasteiger partial charge in [0.2, 0.25) is 5.91 Å². The first-order valence-electron chi connectivity index (χ1n) is 8.53. The molecule has 2 N–H and O–H groups in total. The van der Waals surface area contributed by atoms with Crippen molar-refractivity contribution in [1.29, 1.82) is 0 Å². The van der Waals surface area contributed by atoms with E-state index in [1.165, 1.54) is 0 Å². The summed E-state index contributed by atoms with van der Waals surface area (Å²) in [6.07, 6.45) is 3.25. The van der Waals surface area contributed by atoms with E-state index in [9.17, 15) is 4.79 Å². The van der Waals surface area contributed by atoms with Crippen LogP contribution in [0.2, 0.25) is 0 Å². The van der Waals surface area contributed by atoms with Gasteiger partial charge in [-0.25, -0.2) is 0 Å². The summed E-state index contributed by atoms with van der Waals surface area (Å²) in [6, 6.07) is 8.69. The van der Waals surface area contributed by atoms with Gasteiger partial charge in [-0.3, -0.25) is 9.78 Å². The summed E-state index contributed by atoms with van der Waals surface area (Å²) in [6.45, 7) is 3.53. The topological polar surface area (TPSA) is 81.7 Å². The van der Waals surface area contributed by atoms with Crippen molar-refractivity contribution < 1.29 is 19.0 Å². The maximum Gasteiger partial charge on any atom is 0.244 e. The van der Waals surface area contributed by atoms with Gasteiger partial charge in [-0.2, -0.15) is 0 Å². The molecule has 0 saturated carbocycles. The number of carbonyl (C=O) groups excluding carboxylic acids is 1. The summed E-state index contributed by atoms with van der Waals surface area (Å²) in [7, 11) is 1.58. The lowest BCUT2D eigenvalue weighted by molar-refractivity contribution is -0.123. The molecule has 1 fully saturated rings. The van der Waals surface area contributed by atoms with Gasteiger partial charge in [0.1, 0.15) is 12.6 Å². The zero-order valence-corrected chi connectivity index (χ0v) is 14.9. The fourth-order valence-corrected chi connectivity index (χ4v) is 2.75. The van der Waals surface area contributed by atoms with Crippen LogP contribution in [0, 0.1) is 0 Å². The Morgan fingerprint density at radius 2 is 2.12 bits per heavy atom. The van der Waals surface area contributed by atoms with Crippen LogP contribution in [-0.4, -0.2) is 43.3 Å². The second-order valence-electron chi connectivity index (χ2n) is 6.01. The van der Waals surface area contributed by atoms with Crippen LogP contribution in [0.3, 0.4) is 0 Å².